The lowest BCUT2D eigenvalue weighted by Crippen LogP contribution is -2.48. The Bertz CT molecular complexity index is 678. The molecular weight excluding hydrogens is 300 g/mol. The van der Waals surface area contributed by atoms with Crippen molar-refractivity contribution in [3.63, 3.8) is 0 Å². The maximum Gasteiger partial charge on any atom is 0.124 e. The monoisotopic (exact) mass is 328 g/mol. The minimum atomic E-state index is 0.131. The first-order chi connectivity index (χ1) is 11.6. The molecule has 2 aromatic carbocycles. The third kappa shape index (κ3) is 3.41. The van der Waals surface area contributed by atoms with Crippen LogP contribution in [0.25, 0.3) is 10.8 Å². The van der Waals surface area contributed by atoms with E-state index in [1.807, 2.05) is 6.92 Å². The number of rotatable bonds is 5. The summed E-state index contributed by atoms with van der Waals surface area (Å²) in [5, 5.41) is 2.45. The second-order valence-electron chi connectivity index (χ2n) is 6.59. The molecule has 2 N–H and O–H groups in total. The Morgan fingerprint density at radius 3 is 2.54 bits per heavy atom. The zero-order valence-corrected chi connectivity index (χ0v) is 14.9. The van der Waals surface area contributed by atoms with Crippen LogP contribution in [0.1, 0.15) is 32.4 Å². The van der Waals surface area contributed by atoms with Crippen LogP contribution in [0.4, 0.5) is 0 Å². The molecule has 0 aromatic heterocycles. The Morgan fingerprint density at radius 1 is 1.17 bits per heavy atom. The van der Waals surface area contributed by atoms with Gasteiger partial charge in [-0.3, -0.25) is 4.90 Å². The third-order valence-electron chi connectivity index (χ3n) is 4.68. The molecule has 130 valence electrons. The molecule has 1 aliphatic rings. The van der Waals surface area contributed by atoms with Gasteiger partial charge in [-0.05, 0) is 37.6 Å². The highest BCUT2D eigenvalue weighted by molar-refractivity contribution is 5.88. The molecule has 2 aromatic rings. The van der Waals surface area contributed by atoms with Crippen LogP contribution < -0.4 is 10.5 Å². The Labute approximate surface area is 144 Å². The number of nitrogens with two attached hydrogens (primary N) is 1. The fourth-order valence-electron chi connectivity index (χ4n) is 3.82. The molecule has 3 atom stereocenters. The van der Waals surface area contributed by atoms with E-state index in [1.54, 1.807) is 0 Å². The highest BCUT2D eigenvalue weighted by Gasteiger charge is 2.30. The maximum atomic E-state index is 6.24. The summed E-state index contributed by atoms with van der Waals surface area (Å²) in [5.41, 5.74) is 7.45. The summed E-state index contributed by atoms with van der Waals surface area (Å²) in [7, 11) is 0. The minimum absolute atomic E-state index is 0.131. The summed E-state index contributed by atoms with van der Waals surface area (Å²) in [6, 6.07) is 12.8. The van der Waals surface area contributed by atoms with E-state index in [0.29, 0.717) is 13.2 Å². The van der Waals surface area contributed by atoms with Crippen molar-refractivity contribution >= 4 is 10.8 Å². The van der Waals surface area contributed by atoms with E-state index in [4.69, 9.17) is 15.2 Å². The van der Waals surface area contributed by atoms with Crippen molar-refractivity contribution in [2.24, 2.45) is 5.73 Å². The van der Waals surface area contributed by atoms with Crippen molar-refractivity contribution < 1.29 is 9.47 Å². The zero-order valence-electron chi connectivity index (χ0n) is 14.9. The van der Waals surface area contributed by atoms with E-state index in [-0.39, 0.29) is 18.2 Å². The number of benzene rings is 2. The summed E-state index contributed by atoms with van der Waals surface area (Å²) < 4.78 is 11.9. The van der Waals surface area contributed by atoms with Crippen molar-refractivity contribution in [2.45, 2.75) is 39.0 Å². The van der Waals surface area contributed by atoms with Crippen LogP contribution in [0.2, 0.25) is 0 Å². The molecule has 24 heavy (non-hydrogen) atoms. The molecule has 1 fully saturated rings. The lowest BCUT2D eigenvalue weighted by molar-refractivity contribution is -0.0799. The molecular formula is C20H28N2O2. The standard InChI is InChI=1S/C20H28N2O2/c1-4-23-19-10-9-16-7-5-6-8-17(16)20(19)18(11-21)22-12-14(2)24-15(3)13-22/h5-10,14-15,18H,4,11-13,21H2,1-3H3. The number of fused-ring (bicyclic) bond motifs is 1. The number of morpholine rings is 1. The number of hydrogen-bond donors (Lipinski definition) is 1. The van der Waals surface area contributed by atoms with Gasteiger partial charge in [0, 0.05) is 25.2 Å². The lowest BCUT2D eigenvalue weighted by Gasteiger charge is -2.40. The van der Waals surface area contributed by atoms with Gasteiger partial charge in [0.2, 0.25) is 0 Å². The number of hydrogen-bond acceptors (Lipinski definition) is 4. The van der Waals surface area contributed by atoms with E-state index in [0.717, 1.165) is 18.8 Å². The molecule has 1 aliphatic heterocycles. The Morgan fingerprint density at radius 2 is 1.88 bits per heavy atom. The van der Waals surface area contributed by atoms with Crippen LogP contribution in [0.3, 0.4) is 0 Å². The quantitative estimate of drug-likeness (QED) is 0.914. The van der Waals surface area contributed by atoms with Gasteiger partial charge in [0.25, 0.3) is 0 Å². The molecule has 1 heterocycles. The predicted octanol–water partition coefficient (Wildman–Crippen LogP) is 3.35. The summed E-state index contributed by atoms with van der Waals surface area (Å²) in [5.74, 6) is 0.943. The summed E-state index contributed by atoms with van der Waals surface area (Å²) in [4.78, 5) is 2.45. The van der Waals surface area contributed by atoms with Crippen molar-refractivity contribution in [3.8, 4) is 5.75 Å². The first kappa shape index (κ1) is 17.2. The van der Waals surface area contributed by atoms with Gasteiger partial charge in [-0.15, -0.1) is 0 Å². The van der Waals surface area contributed by atoms with Crippen molar-refractivity contribution in [2.75, 3.05) is 26.2 Å². The Balaban J connectivity index is 2.08. The van der Waals surface area contributed by atoms with Gasteiger partial charge in [-0.1, -0.05) is 30.3 Å². The van der Waals surface area contributed by atoms with Crippen molar-refractivity contribution in [1.82, 2.24) is 4.90 Å². The molecule has 0 radical (unpaired) electrons. The number of nitrogens with zero attached hydrogens (tertiary/aromatic N) is 1. The first-order valence-corrected chi connectivity index (χ1v) is 8.88. The van der Waals surface area contributed by atoms with Crippen LogP contribution in [0, 0.1) is 0 Å². The van der Waals surface area contributed by atoms with Gasteiger partial charge in [0.05, 0.1) is 24.9 Å². The van der Waals surface area contributed by atoms with Gasteiger partial charge in [0.15, 0.2) is 0 Å². The van der Waals surface area contributed by atoms with Gasteiger partial charge in [0.1, 0.15) is 5.75 Å². The summed E-state index contributed by atoms with van der Waals surface area (Å²) in [6.45, 7) is 9.27. The van der Waals surface area contributed by atoms with E-state index in [9.17, 15) is 0 Å². The SMILES string of the molecule is CCOc1ccc2ccccc2c1C(CN)N1CC(C)OC(C)C1. The van der Waals surface area contributed by atoms with E-state index >= 15 is 0 Å². The summed E-state index contributed by atoms with van der Waals surface area (Å²) in [6.07, 6.45) is 0.432. The first-order valence-electron chi connectivity index (χ1n) is 8.88. The molecule has 3 unspecified atom stereocenters. The van der Waals surface area contributed by atoms with Crippen LogP contribution in [-0.4, -0.2) is 43.3 Å². The molecule has 3 rings (SSSR count). The van der Waals surface area contributed by atoms with E-state index in [2.05, 4.69) is 55.1 Å². The highest BCUT2D eigenvalue weighted by Crippen LogP contribution is 2.36. The third-order valence-corrected chi connectivity index (χ3v) is 4.68. The fraction of sp³-hybridized carbons (Fsp3) is 0.500. The second kappa shape index (κ2) is 7.51. The lowest BCUT2D eigenvalue weighted by atomic mass is 9.95. The molecule has 0 spiro atoms. The molecule has 0 bridgehead atoms. The van der Waals surface area contributed by atoms with Gasteiger partial charge >= 0.3 is 0 Å². The second-order valence-corrected chi connectivity index (χ2v) is 6.59. The maximum absolute atomic E-state index is 6.24. The van der Waals surface area contributed by atoms with Crippen LogP contribution in [0.15, 0.2) is 36.4 Å². The average molecular weight is 328 g/mol. The van der Waals surface area contributed by atoms with Crippen LogP contribution >= 0.6 is 0 Å². The van der Waals surface area contributed by atoms with Gasteiger partial charge in [-0.2, -0.15) is 0 Å². The van der Waals surface area contributed by atoms with E-state index < -0.39 is 0 Å². The fourth-order valence-corrected chi connectivity index (χ4v) is 3.82. The molecule has 1 saturated heterocycles. The topological polar surface area (TPSA) is 47.7 Å². The molecule has 0 saturated carbocycles. The largest absolute Gasteiger partial charge is 0.494 e. The molecule has 0 amide bonds. The molecule has 4 nitrogen and oxygen atoms in total. The number of ether oxygens (including phenoxy) is 2. The molecule has 0 aliphatic carbocycles. The minimum Gasteiger partial charge on any atom is -0.494 e. The van der Waals surface area contributed by atoms with E-state index in [1.165, 1.54) is 16.3 Å². The Kier molecular flexibility index (Phi) is 5.39. The van der Waals surface area contributed by atoms with Crippen LogP contribution in [-0.2, 0) is 4.74 Å². The summed E-state index contributed by atoms with van der Waals surface area (Å²) >= 11 is 0. The smallest absolute Gasteiger partial charge is 0.124 e. The van der Waals surface area contributed by atoms with Crippen LogP contribution in [0.5, 0.6) is 5.75 Å². The van der Waals surface area contributed by atoms with Crippen molar-refractivity contribution in [3.05, 3.63) is 42.0 Å². The zero-order chi connectivity index (χ0) is 17.1. The Hall–Kier alpha value is -1.62. The van der Waals surface area contributed by atoms with Gasteiger partial charge in [-0.25, -0.2) is 0 Å². The van der Waals surface area contributed by atoms with Gasteiger partial charge < -0.3 is 15.2 Å². The van der Waals surface area contributed by atoms with Crippen molar-refractivity contribution in [1.29, 1.82) is 0 Å². The predicted molar refractivity (Wildman–Crippen MR) is 98.5 cm³/mol. The molecule has 4 heteroatoms. The highest BCUT2D eigenvalue weighted by atomic mass is 16.5. The average Bonchev–Trinajstić information content (AvgIpc) is 2.56. The normalized spacial score (nSPS) is 23.3.